The van der Waals surface area contributed by atoms with Crippen molar-refractivity contribution in [1.82, 2.24) is 0 Å². The highest BCUT2D eigenvalue weighted by Crippen LogP contribution is 2.31. The van der Waals surface area contributed by atoms with Gasteiger partial charge in [0.05, 0.1) is 12.5 Å². The number of nitriles is 1. The molecular formula is C11H8INS. The van der Waals surface area contributed by atoms with Crippen molar-refractivity contribution in [2.75, 3.05) is 0 Å². The molecule has 2 rings (SSSR count). The summed E-state index contributed by atoms with van der Waals surface area (Å²) in [5, 5.41) is 12.2. The van der Waals surface area contributed by atoms with Crippen LogP contribution in [0.5, 0.6) is 0 Å². The lowest BCUT2D eigenvalue weighted by atomic mass is 10.0. The van der Waals surface area contributed by atoms with Gasteiger partial charge in [0, 0.05) is 19.0 Å². The molecule has 14 heavy (non-hydrogen) atoms. The first-order chi connectivity index (χ1) is 6.74. The molecule has 0 spiro atoms. The maximum absolute atomic E-state index is 8.76. The quantitative estimate of drug-likeness (QED) is 0.733. The fourth-order valence-electron chi connectivity index (χ4n) is 1.52. The number of fused-ring (bicyclic) bond motifs is 1. The first-order valence-corrected chi connectivity index (χ1v) is 6.22. The van der Waals surface area contributed by atoms with Gasteiger partial charge < -0.3 is 0 Å². The Morgan fingerprint density at radius 1 is 1.50 bits per heavy atom. The van der Waals surface area contributed by atoms with Gasteiger partial charge in [0.2, 0.25) is 0 Å². The molecule has 0 saturated carbocycles. The van der Waals surface area contributed by atoms with E-state index in [1.165, 1.54) is 24.8 Å². The second kappa shape index (κ2) is 3.87. The predicted octanol–water partition coefficient (Wildman–Crippen LogP) is 3.88. The molecule has 0 aliphatic carbocycles. The molecule has 0 radical (unpaired) electrons. The maximum Gasteiger partial charge on any atom is 0.0670 e. The molecule has 0 unspecified atom stereocenters. The summed E-state index contributed by atoms with van der Waals surface area (Å²) in [7, 11) is 0. The van der Waals surface area contributed by atoms with Crippen LogP contribution in [0.15, 0.2) is 17.5 Å². The molecule has 70 valence electrons. The summed E-state index contributed by atoms with van der Waals surface area (Å²) in [6.07, 6.45) is 0.514. The normalized spacial score (nSPS) is 10.4. The molecule has 0 amide bonds. The zero-order chi connectivity index (χ0) is 10.1. The fraction of sp³-hybridized carbons (Fsp3) is 0.182. The van der Waals surface area contributed by atoms with E-state index in [1.54, 1.807) is 11.3 Å². The third-order valence-corrected chi connectivity index (χ3v) is 4.66. The molecule has 0 fully saturated rings. The first kappa shape index (κ1) is 9.94. The van der Waals surface area contributed by atoms with Gasteiger partial charge in [-0.3, -0.25) is 0 Å². The number of benzene rings is 1. The van der Waals surface area contributed by atoms with Gasteiger partial charge in [-0.25, -0.2) is 0 Å². The molecule has 0 N–H and O–H groups in total. The van der Waals surface area contributed by atoms with Gasteiger partial charge in [0.15, 0.2) is 0 Å². The first-order valence-electron chi connectivity index (χ1n) is 4.26. The average Bonchev–Trinajstić information content (AvgIpc) is 2.53. The van der Waals surface area contributed by atoms with Crippen LogP contribution in [0, 0.1) is 21.8 Å². The number of aryl methyl sites for hydroxylation is 1. The molecule has 0 aliphatic rings. The van der Waals surface area contributed by atoms with Gasteiger partial charge in [0.25, 0.3) is 0 Å². The highest BCUT2D eigenvalue weighted by Gasteiger charge is 2.08. The van der Waals surface area contributed by atoms with E-state index in [0.29, 0.717) is 6.42 Å². The standard InChI is InChI=1S/C11H8INS/c1-7-2-3-9-10(12)6-14-11(9)8(7)4-5-13/h2-3,6H,4H2,1H3. The minimum Gasteiger partial charge on any atom is -0.198 e. The number of halogens is 1. The lowest BCUT2D eigenvalue weighted by Crippen LogP contribution is -1.87. The summed E-state index contributed by atoms with van der Waals surface area (Å²) in [6, 6.07) is 6.47. The molecule has 3 heteroatoms. The van der Waals surface area contributed by atoms with Crippen LogP contribution in [-0.2, 0) is 6.42 Å². The monoisotopic (exact) mass is 313 g/mol. The van der Waals surface area contributed by atoms with Crippen LogP contribution in [0.25, 0.3) is 10.1 Å². The van der Waals surface area contributed by atoms with E-state index in [4.69, 9.17) is 5.26 Å². The Morgan fingerprint density at radius 2 is 2.29 bits per heavy atom. The number of nitrogens with zero attached hydrogens (tertiary/aromatic N) is 1. The van der Waals surface area contributed by atoms with Crippen molar-refractivity contribution in [3.63, 3.8) is 0 Å². The second-order valence-electron chi connectivity index (χ2n) is 3.16. The van der Waals surface area contributed by atoms with Crippen LogP contribution in [-0.4, -0.2) is 0 Å². The molecule has 1 heterocycles. The molecule has 1 nitrogen and oxygen atoms in total. The van der Waals surface area contributed by atoms with Crippen LogP contribution in [0.2, 0.25) is 0 Å². The van der Waals surface area contributed by atoms with Crippen LogP contribution in [0.4, 0.5) is 0 Å². The summed E-state index contributed by atoms with van der Waals surface area (Å²) in [6.45, 7) is 2.07. The van der Waals surface area contributed by atoms with Crippen molar-refractivity contribution in [2.45, 2.75) is 13.3 Å². The zero-order valence-corrected chi connectivity index (χ0v) is 10.6. The summed E-state index contributed by atoms with van der Waals surface area (Å²) >= 11 is 4.07. The molecular weight excluding hydrogens is 305 g/mol. The fourth-order valence-corrected chi connectivity index (χ4v) is 3.56. The molecule has 2 aromatic rings. The van der Waals surface area contributed by atoms with Crippen molar-refractivity contribution in [2.24, 2.45) is 0 Å². The molecule has 0 atom stereocenters. The number of rotatable bonds is 1. The van der Waals surface area contributed by atoms with Crippen LogP contribution in [0.1, 0.15) is 11.1 Å². The number of hydrogen-bond acceptors (Lipinski definition) is 2. The van der Waals surface area contributed by atoms with E-state index < -0.39 is 0 Å². The number of hydrogen-bond donors (Lipinski definition) is 0. The minimum atomic E-state index is 0.514. The van der Waals surface area contributed by atoms with E-state index in [0.717, 1.165) is 0 Å². The Labute approximate surface area is 101 Å². The van der Waals surface area contributed by atoms with Crippen molar-refractivity contribution < 1.29 is 0 Å². The molecule has 0 bridgehead atoms. The van der Waals surface area contributed by atoms with Crippen molar-refractivity contribution >= 4 is 44.0 Å². The summed E-state index contributed by atoms with van der Waals surface area (Å²) in [5.41, 5.74) is 2.41. The van der Waals surface area contributed by atoms with Gasteiger partial charge in [0.1, 0.15) is 0 Å². The lowest BCUT2D eigenvalue weighted by Gasteiger charge is -2.02. The predicted molar refractivity (Wildman–Crippen MR) is 68.6 cm³/mol. The maximum atomic E-state index is 8.76. The van der Waals surface area contributed by atoms with Gasteiger partial charge in [-0.1, -0.05) is 12.1 Å². The topological polar surface area (TPSA) is 23.8 Å². The summed E-state index contributed by atoms with van der Waals surface area (Å²) < 4.78 is 2.55. The largest absolute Gasteiger partial charge is 0.198 e. The van der Waals surface area contributed by atoms with Gasteiger partial charge in [-0.2, -0.15) is 5.26 Å². The van der Waals surface area contributed by atoms with Crippen molar-refractivity contribution in [3.8, 4) is 6.07 Å². The summed E-state index contributed by atoms with van der Waals surface area (Å²) in [5.74, 6) is 0. The lowest BCUT2D eigenvalue weighted by molar-refractivity contribution is 1.24. The van der Waals surface area contributed by atoms with E-state index in [-0.39, 0.29) is 0 Å². The Morgan fingerprint density at radius 3 is 3.00 bits per heavy atom. The van der Waals surface area contributed by atoms with Crippen molar-refractivity contribution in [1.29, 1.82) is 5.26 Å². The van der Waals surface area contributed by atoms with Gasteiger partial charge in [-0.15, -0.1) is 11.3 Å². The van der Waals surface area contributed by atoms with E-state index in [1.807, 2.05) is 0 Å². The zero-order valence-electron chi connectivity index (χ0n) is 7.67. The van der Waals surface area contributed by atoms with Crippen LogP contribution in [0.3, 0.4) is 0 Å². The highest BCUT2D eigenvalue weighted by molar-refractivity contribution is 14.1. The Bertz CT molecular complexity index is 522. The van der Waals surface area contributed by atoms with Crippen molar-refractivity contribution in [3.05, 3.63) is 32.2 Å². The van der Waals surface area contributed by atoms with E-state index in [9.17, 15) is 0 Å². The smallest absolute Gasteiger partial charge is 0.0670 e. The van der Waals surface area contributed by atoms with Gasteiger partial charge >= 0.3 is 0 Å². The van der Waals surface area contributed by atoms with Crippen LogP contribution < -0.4 is 0 Å². The third kappa shape index (κ3) is 1.53. The van der Waals surface area contributed by atoms with Gasteiger partial charge in [-0.05, 0) is 40.6 Å². The average molecular weight is 313 g/mol. The number of thiophene rings is 1. The molecule has 0 aliphatic heterocycles. The highest BCUT2D eigenvalue weighted by atomic mass is 127. The summed E-state index contributed by atoms with van der Waals surface area (Å²) in [4.78, 5) is 0. The third-order valence-electron chi connectivity index (χ3n) is 2.29. The SMILES string of the molecule is Cc1ccc2c(I)csc2c1CC#N. The molecule has 1 aromatic carbocycles. The Kier molecular flexibility index (Phi) is 2.75. The Hall–Kier alpha value is -0.600. The minimum absolute atomic E-state index is 0.514. The van der Waals surface area contributed by atoms with Crippen LogP contribution >= 0.6 is 33.9 Å². The second-order valence-corrected chi connectivity index (χ2v) is 5.20. The molecule has 1 aromatic heterocycles. The Balaban J connectivity index is 2.78. The van der Waals surface area contributed by atoms with E-state index >= 15 is 0 Å². The molecule has 0 saturated heterocycles. The van der Waals surface area contributed by atoms with E-state index in [2.05, 4.69) is 53.1 Å².